The topological polar surface area (TPSA) is 33.1 Å². The van der Waals surface area contributed by atoms with Crippen molar-refractivity contribution in [2.45, 2.75) is 13.0 Å². The van der Waals surface area contributed by atoms with Crippen molar-refractivity contribution in [3.05, 3.63) is 64.8 Å². The molecule has 1 unspecified atom stereocenters. The number of benzene rings is 1. The second kappa shape index (κ2) is 4.52. The summed E-state index contributed by atoms with van der Waals surface area (Å²) in [5.74, 6) is 0. The van der Waals surface area contributed by atoms with Gasteiger partial charge >= 0.3 is 0 Å². The third kappa shape index (κ3) is 1.92. The highest BCUT2D eigenvalue weighted by Crippen LogP contribution is 2.31. The van der Waals surface area contributed by atoms with Crippen molar-refractivity contribution in [3.8, 4) is 0 Å². The largest absolute Gasteiger partial charge is 0.382 e. The van der Waals surface area contributed by atoms with Gasteiger partial charge in [0.05, 0.1) is 5.69 Å². The van der Waals surface area contributed by atoms with Gasteiger partial charge in [-0.25, -0.2) is 0 Å². The van der Waals surface area contributed by atoms with E-state index < -0.39 is 6.10 Å². The molecule has 0 aliphatic carbocycles. The first-order chi connectivity index (χ1) is 8.75. The first-order valence-electron chi connectivity index (χ1n) is 5.82. The van der Waals surface area contributed by atoms with E-state index in [1.54, 1.807) is 17.5 Å². The van der Waals surface area contributed by atoms with Crippen LogP contribution < -0.4 is 0 Å². The molecule has 1 aromatic carbocycles. The quantitative estimate of drug-likeness (QED) is 0.757. The molecule has 90 valence electrons. The van der Waals surface area contributed by atoms with Crippen LogP contribution in [-0.4, -0.2) is 10.1 Å². The van der Waals surface area contributed by atoms with Crippen molar-refractivity contribution in [2.75, 3.05) is 0 Å². The molecule has 0 saturated carbocycles. The number of thiophene rings is 1. The van der Waals surface area contributed by atoms with Crippen LogP contribution in [0.1, 0.15) is 22.9 Å². The molecule has 0 fully saturated rings. The van der Waals surface area contributed by atoms with Crippen LogP contribution >= 0.6 is 11.3 Å². The van der Waals surface area contributed by atoms with Gasteiger partial charge in [0.15, 0.2) is 0 Å². The van der Waals surface area contributed by atoms with E-state index in [0.29, 0.717) is 5.69 Å². The van der Waals surface area contributed by atoms with Gasteiger partial charge in [-0.3, -0.25) is 4.98 Å². The highest BCUT2D eigenvalue weighted by atomic mass is 32.1. The van der Waals surface area contributed by atoms with Crippen LogP contribution in [0.5, 0.6) is 0 Å². The predicted octanol–water partition coefficient (Wildman–Crippen LogP) is 3.69. The van der Waals surface area contributed by atoms with Gasteiger partial charge in [0.25, 0.3) is 0 Å². The Balaban J connectivity index is 2.08. The fourth-order valence-electron chi connectivity index (χ4n) is 2.03. The molecule has 0 bridgehead atoms. The molecule has 1 N–H and O–H groups in total. The third-order valence-corrected chi connectivity index (χ3v) is 4.00. The Morgan fingerprint density at radius 2 is 2.06 bits per heavy atom. The van der Waals surface area contributed by atoms with Crippen molar-refractivity contribution in [3.63, 3.8) is 0 Å². The van der Waals surface area contributed by atoms with Crippen LogP contribution in [0.3, 0.4) is 0 Å². The lowest BCUT2D eigenvalue weighted by Gasteiger charge is -2.11. The van der Waals surface area contributed by atoms with Gasteiger partial charge in [-0.05, 0) is 35.4 Å². The maximum absolute atomic E-state index is 10.4. The van der Waals surface area contributed by atoms with Crippen LogP contribution in [0.4, 0.5) is 0 Å². The first kappa shape index (κ1) is 11.4. The molecule has 2 nitrogen and oxygen atoms in total. The number of aliphatic hydroxyl groups excluding tert-OH is 1. The summed E-state index contributed by atoms with van der Waals surface area (Å²) in [7, 11) is 0. The SMILES string of the molecule is Cc1ccc(C(O)c2cccc3ccsc23)nc1. The minimum Gasteiger partial charge on any atom is -0.382 e. The molecule has 0 amide bonds. The zero-order valence-electron chi connectivity index (χ0n) is 10.00. The van der Waals surface area contributed by atoms with Gasteiger partial charge < -0.3 is 5.11 Å². The highest BCUT2D eigenvalue weighted by molar-refractivity contribution is 7.17. The van der Waals surface area contributed by atoms with E-state index in [2.05, 4.69) is 17.1 Å². The lowest BCUT2D eigenvalue weighted by molar-refractivity contribution is 0.217. The van der Waals surface area contributed by atoms with Crippen molar-refractivity contribution in [2.24, 2.45) is 0 Å². The summed E-state index contributed by atoms with van der Waals surface area (Å²) in [6.45, 7) is 1.99. The molecule has 0 saturated heterocycles. The summed E-state index contributed by atoms with van der Waals surface area (Å²) in [4.78, 5) is 4.30. The smallest absolute Gasteiger partial charge is 0.122 e. The lowest BCUT2D eigenvalue weighted by atomic mass is 10.0. The molecule has 1 atom stereocenters. The van der Waals surface area contributed by atoms with E-state index in [-0.39, 0.29) is 0 Å². The van der Waals surface area contributed by atoms with Gasteiger partial charge in [0.2, 0.25) is 0 Å². The summed E-state index contributed by atoms with van der Waals surface area (Å²) in [5, 5.41) is 13.7. The second-order valence-corrected chi connectivity index (χ2v) is 5.27. The van der Waals surface area contributed by atoms with Gasteiger partial charge in [-0.15, -0.1) is 11.3 Å². The molecule has 3 rings (SSSR count). The minimum atomic E-state index is -0.659. The van der Waals surface area contributed by atoms with Crippen LogP contribution in [0.25, 0.3) is 10.1 Å². The number of aromatic nitrogens is 1. The Bertz CT molecular complexity index is 672. The van der Waals surface area contributed by atoms with E-state index in [1.165, 1.54) is 5.39 Å². The van der Waals surface area contributed by atoms with Crippen LogP contribution in [-0.2, 0) is 0 Å². The van der Waals surface area contributed by atoms with Gasteiger partial charge in [-0.2, -0.15) is 0 Å². The maximum atomic E-state index is 10.4. The van der Waals surface area contributed by atoms with E-state index in [0.717, 1.165) is 15.8 Å². The molecule has 0 radical (unpaired) electrons. The Morgan fingerprint density at radius 1 is 1.17 bits per heavy atom. The summed E-state index contributed by atoms with van der Waals surface area (Å²) in [6.07, 6.45) is 1.13. The fraction of sp³-hybridized carbons (Fsp3) is 0.133. The average molecular weight is 255 g/mol. The van der Waals surface area contributed by atoms with Crippen molar-refractivity contribution >= 4 is 21.4 Å². The molecule has 0 spiro atoms. The average Bonchev–Trinajstić information content (AvgIpc) is 2.87. The zero-order valence-corrected chi connectivity index (χ0v) is 10.8. The Labute approximate surface area is 110 Å². The number of rotatable bonds is 2. The number of aryl methyl sites for hydroxylation is 1. The summed E-state index contributed by atoms with van der Waals surface area (Å²) >= 11 is 1.65. The number of hydrogen-bond donors (Lipinski definition) is 1. The summed E-state index contributed by atoms with van der Waals surface area (Å²) in [6, 6.07) is 11.9. The second-order valence-electron chi connectivity index (χ2n) is 4.35. The number of fused-ring (bicyclic) bond motifs is 1. The van der Waals surface area contributed by atoms with Crippen LogP contribution in [0.2, 0.25) is 0 Å². The molecule has 0 aliphatic rings. The highest BCUT2D eigenvalue weighted by Gasteiger charge is 2.15. The molecule has 18 heavy (non-hydrogen) atoms. The maximum Gasteiger partial charge on any atom is 0.122 e. The Hall–Kier alpha value is -1.71. The molecule has 0 aliphatic heterocycles. The minimum absolute atomic E-state index is 0.659. The normalized spacial score (nSPS) is 12.8. The van der Waals surface area contributed by atoms with E-state index >= 15 is 0 Å². The predicted molar refractivity (Wildman–Crippen MR) is 74.9 cm³/mol. The monoisotopic (exact) mass is 255 g/mol. The molecule has 2 aromatic heterocycles. The number of aliphatic hydroxyl groups is 1. The zero-order chi connectivity index (χ0) is 12.5. The molecule has 2 heterocycles. The summed E-state index contributed by atoms with van der Waals surface area (Å²) < 4.78 is 1.13. The molecular weight excluding hydrogens is 242 g/mol. The van der Waals surface area contributed by atoms with Gasteiger partial charge in [-0.1, -0.05) is 24.3 Å². The van der Waals surface area contributed by atoms with Crippen LogP contribution in [0.15, 0.2) is 48.0 Å². The summed E-state index contributed by atoms with van der Waals surface area (Å²) in [5.41, 5.74) is 2.72. The van der Waals surface area contributed by atoms with Crippen LogP contribution in [0, 0.1) is 6.92 Å². The molecule has 3 heteroatoms. The first-order valence-corrected chi connectivity index (χ1v) is 6.70. The lowest BCUT2D eigenvalue weighted by Crippen LogP contribution is -2.02. The van der Waals surface area contributed by atoms with Crippen molar-refractivity contribution < 1.29 is 5.11 Å². The third-order valence-electron chi connectivity index (χ3n) is 3.02. The van der Waals surface area contributed by atoms with E-state index in [4.69, 9.17) is 0 Å². The number of hydrogen-bond acceptors (Lipinski definition) is 3. The van der Waals surface area contributed by atoms with E-state index in [9.17, 15) is 5.11 Å². The molecule has 3 aromatic rings. The van der Waals surface area contributed by atoms with Gasteiger partial charge in [0, 0.05) is 16.5 Å². The van der Waals surface area contributed by atoms with Gasteiger partial charge in [0.1, 0.15) is 6.10 Å². The standard InChI is InChI=1S/C15H13NOS/c1-10-5-6-13(16-9-10)14(17)12-4-2-3-11-7-8-18-15(11)12/h2-9,14,17H,1H3. The Kier molecular flexibility index (Phi) is 2.86. The Morgan fingerprint density at radius 3 is 2.83 bits per heavy atom. The number of pyridine rings is 1. The van der Waals surface area contributed by atoms with Crippen molar-refractivity contribution in [1.29, 1.82) is 0 Å². The fourth-order valence-corrected chi connectivity index (χ4v) is 2.97. The van der Waals surface area contributed by atoms with E-state index in [1.807, 2.05) is 36.6 Å². The number of nitrogens with zero attached hydrogens (tertiary/aromatic N) is 1. The van der Waals surface area contributed by atoms with Crippen molar-refractivity contribution in [1.82, 2.24) is 4.98 Å². The molecular formula is C15H13NOS.